The molecule has 92 valence electrons. The van der Waals surface area contributed by atoms with E-state index in [0.29, 0.717) is 0 Å². The first kappa shape index (κ1) is 12.2. The number of aryl methyl sites for hydroxylation is 1. The average Bonchev–Trinajstić information content (AvgIpc) is 2.40. The Morgan fingerprint density at radius 2 is 2.24 bits per heavy atom. The molecule has 1 fully saturated rings. The van der Waals surface area contributed by atoms with Crippen LogP contribution in [0, 0.1) is 5.41 Å². The van der Waals surface area contributed by atoms with Gasteiger partial charge in [-0.2, -0.15) is 0 Å². The summed E-state index contributed by atoms with van der Waals surface area (Å²) >= 11 is 0. The Morgan fingerprint density at radius 1 is 1.41 bits per heavy atom. The molecule has 0 unspecified atom stereocenters. The van der Waals surface area contributed by atoms with E-state index in [9.17, 15) is 0 Å². The van der Waals surface area contributed by atoms with E-state index in [0.717, 1.165) is 51.4 Å². The summed E-state index contributed by atoms with van der Waals surface area (Å²) in [6.45, 7) is 4.92. The van der Waals surface area contributed by atoms with Gasteiger partial charge in [-0.25, -0.2) is 0 Å². The highest BCUT2D eigenvalue weighted by molar-refractivity contribution is 5.76. The third-order valence-corrected chi connectivity index (χ3v) is 3.09. The number of hydrogen-bond acceptors (Lipinski definition) is 4. The summed E-state index contributed by atoms with van der Waals surface area (Å²) in [6.07, 6.45) is 5.19. The number of morpholine rings is 1. The molecule has 0 bridgehead atoms. The van der Waals surface area contributed by atoms with Crippen molar-refractivity contribution in [2.45, 2.75) is 12.8 Å². The number of pyridine rings is 1. The Hall–Kier alpha value is -1.26. The lowest BCUT2D eigenvalue weighted by molar-refractivity contribution is 0.0374. The van der Waals surface area contributed by atoms with Gasteiger partial charge in [-0.05, 0) is 31.0 Å². The molecule has 17 heavy (non-hydrogen) atoms. The maximum Gasteiger partial charge on any atom is 0.0837 e. The Balaban J connectivity index is 1.79. The van der Waals surface area contributed by atoms with Gasteiger partial charge in [0.15, 0.2) is 0 Å². The molecule has 0 spiro atoms. The monoisotopic (exact) mass is 233 g/mol. The Morgan fingerprint density at radius 3 is 3.00 bits per heavy atom. The molecular formula is C13H19N3O. The van der Waals surface area contributed by atoms with Crippen LogP contribution in [-0.4, -0.2) is 48.9 Å². The van der Waals surface area contributed by atoms with Crippen molar-refractivity contribution in [3.8, 4) is 0 Å². The quantitative estimate of drug-likeness (QED) is 0.781. The highest BCUT2D eigenvalue weighted by atomic mass is 16.5. The van der Waals surface area contributed by atoms with E-state index in [4.69, 9.17) is 10.1 Å². The lowest BCUT2D eigenvalue weighted by Gasteiger charge is -2.26. The highest BCUT2D eigenvalue weighted by Crippen LogP contribution is 2.07. The van der Waals surface area contributed by atoms with Gasteiger partial charge in [0, 0.05) is 25.5 Å². The highest BCUT2D eigenvalue weighted by Gasteiger charge is 2.09. The number of nitrogens with zero attached hydrogens (tertiary/aromatic N) is 2. The molecule has 0 aliphatic carbocycles. The van der Waals surface area contributed by atoms with Crippen LogP contribution in [0.15, 0.2) is 18.3 Å². The summed E-state index contributed by atoms with van der Waals surface area (Å²) in [5, 5.41) is 7.30. The molecule has 1 aliphatic heterocycles. The van der Waals surface area contributed by atoms with Crippen molar-refractivity contribution in [3.05, 3.63) is 29.6 Å². The topological polar surface area (TPSA) is 49.2 Å². The van der Waals surface area contributed by atoms with Crippen molar-refractivity contribution in [3.63, 3.8) is 0 Å². The summed E-state index contributed by atoms with van der Waals surface area (Å²) in [6, 6.07) is 4.00. The number of ether oxygens (including phenoxy) is 1. The van der Waals surface area contributed by atoms with Gasteiger partial charge in [0.1, 0.15) is 0 Å². The summed E-state index contributed by atoms with van der Waals surface area (Å²) in [5.41, 5.74) is 1.98. The molecule has 0 aromatic carbocycles. The third-order valence-electron chi connectivity index (χ3n) is 3.09. The van der Waals surface area contributed by atoms with Crippen LogP contribution >= 0.6 is 0 Å². The molecule has 0 atom stereocenters. The zero-order valence-corrected chi connectivity index (χ0v) is 10.1. The van der Waals surface area contributed by atoms with Crippen LogP contribution < -0.4 is 0 Å². The van der Waals surface area contributed by atoms with E-state index in [1.807, 2.05) is 6.07 Å². The van der Waals surface area contributed by atoms with Crippen LogP contribution in [0.5, 0.6) is 0 Å². The van der Waals surface area contributed by atoms with Crippen molar-refractivity contribution < 1.29 is 4.74 Å². The van der Waals surface area contributed by atoms with Gasteiger partial charge in [-0.15, -0.1) is 0 Å². The Labute approximate surface area is 102 Å². The van der Waals surface area contributed by atoms with E-state index in [1.165, 1.54) is 11.8 Å². The molecule has 1 aromatic rings. The summed E-state index contributed by atoms with van der Waals surface area (Å²) in [5.74, 6) is 0. The van der Waals surface area contributed by atoms with Gasteiger partial charge < -0.3 is 10.1 Å². The van der Waals surface area contributed by atoms with Crippen LogP contribution in [0.3, 0.4) is 0 Å². The summed E-state index contributed by atoms with van der Waals surface area (Å²) in [4.78, 5) is 6.62. The smallest absolute Gasteiger partial charge is 0.0837 e. The van der Waals surface area contributed by atoms with Crippen molar-refractivity contribution >= 4 is 6.21 Å². The minimum absolute atomic E-state index is 0.800. The first-order valence-electron chi connectivity index (χ1n) is 6.14. The minimum Gasteiger partial charge on any atom is -0.379 e. The fourth-order valence-electron chi connectivity index (χ4n) is 2.11. The second kappa shape index (κ2) is 6.47. The van der Waals surface area contributed by atoms with Crippen LogP contribution in [0.4, 0.5) is 0 Å². The zero-order valence-electron chi connectivity index (χ0n) is 10.1. The average molecular weight is 233 g/mol. The van der Waals surface area contributed by atoms with Gasteiger partial charge in [-0.3, -0.25) is 9.88 Å². The third kappa shape index (κ3) is 3.61. The van der Waals surface area contributed by atoms with Crippen molar-refractivity contribution in [1.82, 2.24) is 9.88 Å². The number of nitrogens with one attached hydrogen (secondary N) is 1. The maximum absolute atomic E-state index is 7.30. The minimum atomic E-state index is 0.800. The Kier molecular flexibility index (Phi) is 4.64. The molecule has 0 radical (unpaired) electrons. The van der Waals surface area contributed by atoms with Gasteiger partial charge in [0.05, 0.1) is 18.9 Å². The zero-order chi connectivity index (χ0) is 11.9. The van der Waals surface area contributed by atoms with E-state index < -0.39 is 0 Å². The van der Waals surface area contributed by atoms with Gasteiger partial charge in [0.2, 0.25) is 0 Å². The predicted octanol–water partition coefficient (Wildman–Crippen LogP) is 1.34. The van der Waals surface area contributed by atoms with E-state index in [-0.39, 0.29) is 0 Å². The van der Waals surface area contributed by atoms with Crippen LogP contribution in [0.25, 0.3) is 0 Å². The van der Waals surface area contributed by atoms with Crippen LogP contribution in [0.2, 0.25) is 0 Å². The molecular weight excluding hydrogens is 214 g/mol. The molecule has 2 rings (SSSR count). The molecule has 1 saturated heterocycles. The molecule has 1 aliphatic rings. The lowest BCUT2D eigenvalue weighted by atomic mass is 10.1. The van der Waals surface area contributed by atoms with Gasteiger partial charge in [-0.1, -0.05) is 6.07 Å². The lowest BCUT2D eigenvalue weighted by Crippen LogP contribution is -2.36. The largest absolute Gasteiger partial charge is 0.379 e. The standard InChI is InChI=1S/C13H19N3O/c14-11-13-12(3-1-5-15-13)4-2-6-16-7-9-17-10-8-16/h1,3,5,11,14H,2,4,6-10H2. The molecule has 2 heterocycles. The molecule has 0 amide bonds. The normalized spacial score (nSPS) is 16.9. The number of aromatic nitrogens is 1. The summed E-state index contributed by atoms with van der Waals surface area (Å²) in [7, 11) is 0. The van der Waals surface area contributed by atoms with E-state index in [1.54, 1.807) is 6.20 Å². The predicted molar refractivity (Wildman–Crippen MR) is 67.7 cm³/mol. The first-order valence-corrected chi connectivity index (χ1v) is 6.14. The van der Waals surface area contributed by atoms with Gasteiger partial charge >= 0.3 is 0 Å². The second-order valence-corrected chi connectivity index (χ2v) is 4.25. The molecule has 1 aromatic heterocycles. The molecule has 1 N–H and O–H groups in total. The fraction of sp³-hybridized carbons (Fsp3) is 0.538. The van der Waals surface area contributed by atoms with Crippen molar-refractivity contribution in [2.24, 2.45) is 0 Å². The van der Waals surface area contributed by atoms with Crippen molar-refractivity contribution in [1.29, 1.82) is 5.41 Å². The maximum atomic E-state index is 7.30. The summed E-state index contributed by atoms with van der Waals surface area (Å²) < 4.78 is 5.32. The van der Waals surface area contributed by atoms with Gasteiger partial charge in [0.25, 0.3) is 0 Å². The van der Waals surface area contributed by atoms with Crippen LogP contribution in [0.1, 0.15) is 17.7 Å². The number of rotatable bonds is 5. The van der Waals surface area contributed by atoms with Crippen molar-refractivity contribution in [2.75, 3.05) is 32.8 Å². The molecule has 0 saturated carbocycles. The number of hydrogen-bond donors (Lipinski definition) is 1. The molecule has 4 heteroatoms. The van der Waals surface area contributed by atoms with Crippen LogP contribution in [-0.2, 0) is 11.2 Å². The van der Waals surface area contributed by atoms with E-state index >= 15 is 0 Å². The Bertz CT molecular complexity index is 361. The first-order chi connectivity index (χ1) is 8.40. The van der Waals surface area contributed by atoms with E-state index in [2.05, 4.69) is 16.0 Å². The SMILES string of the molecule is N=Cc1ncccc1CCCN1CCOCC1. The second-order valence-electron chi connectivity index (χ2n) is 4.25. The molecule has 4 nitrogen and oxygen atoms in total. The fourth-order valence-corrected chi connectivity index (χ4v) is 2.11.